The van der Waals surface area contributed by atoms with Gasteiger partial charge in [-0.15, -0.1) is 0 Å². The maximum atomic E-state index is 5.89. The van der Waals surface area contributed by atoms with Crippen LogP contribution < -0.4 is 11.1 Å². The summed E-state index contributed by atoms with van der Waals surface area (Å²) in [5.41, 5.74) is 5.82. The zero-order chi connectivity index (χ0) is 10.0. The summed E-state index contributed by atoms with van der Waals surface area (Å²) in [4.78, 5) is 0. The Morgan fingerprint density at radius 2 is 1.85 bits per heavy atom. The van der Waals surface area contributed by atoms with E-state index in [-0.39, 0.29) is 5.11 Å². The van der Waals surface area contributed by atoms with Crippen LogP contribution in [0.4, 0.5) is 5.69 Å². The largest absolute Gasteiger partial charge is 0.376 e. The van der Waals surface area contributed by atoms with Crippen LogP contribution in [0.5, 0.6) is 0 Å². The number of halogens is 3. The highest BCUT2D eigenvalue weighted by molar-refractivity contribution is 9.10. The van der Waals surface area contributed by atoms with Crippen LogP contribution in [0.2, 0.25) is 10.0 Å². The highest BCUT2D eigenvalue weighted by Gasteiger charge is 2.07. The van der Waals surface area contributed by atoms with E-state index >= 15 is 0 Å². The summed E-state index contributed by atoms with van der Waals surface area (Å²) in [5, 5.41) is 3.75. The fourth-order valence-electron chi connectivity index (χ4n) is 0.785. The lowest BCUT2D eigenvalue weighted by molar-refractivity contribution is 1.58. The number of nitrogens with two attached hydrogens (primary N) is 1. The molecule has 0 aliphatic heterocycles. The second-order valence-electron chi connectivity index (χ2n) is 2.23. The predicted octanol–water partition coefficient (Wildman–Crippen LogP) is 3.41. The first-order valence-corrected chi connectivity index (χ1v) is 5.17. The van der Waals surface area contributed by atoms with Crippen molar-refractivity contribution in [1.29, 1.82) is 0 Å². The van der Waals surface area contributed by atoms with Gasteiger partial charge in [0.05, 0.1) is 15.7 Å². The van der Waals surface area contributed by atoms with Crippen LogP contribution in [-0.4, -0.2) is 5.11 Å². The van der Waals surface area contributed by atoms with Gasteiger partial charge in [0.15, 0.2) is 5.11 Å². The lowest BCUT2D eigenvalue weighted by Crippen LogP contribution is -2.19. The molecule has 0 aliphatic carbocycles. The minimum Gasteiger partial charge on any atom is -0.376 e. The van der Waals surface area contributed by atoms with E-state index in [1.807, 2.05) is 0 Å². The monoisotopic (exact) mass is 298 g/mol. The van der Waals surface area contributed by atoms with Crippen LogP contribution in [-0.2, 0) is 0 Å². The van der Waals surface area contributed by atoms with Gasteiger partial charge in [0.2, 0.25) is 0 Å². The second kappa shape index (κ2) is 4.46. The normalized spacial score (nSPS) is 9.77. The molecule has 13 heavy (non-hydrogen) atoms. The molecule has 0 spiro atoms. The molecule has 70 valence electrons. The molecule has 0 atom stereocenters. The molecule has 6 heteroatoms. The Bertz CT molecular complexity index is 333. The summed E-state index contributed by atoms with van der Waals surface area (Å²) in [5.74, 6) is 0. The molecule has 0 fully saturated rings. The lowest BCUT2D eigenvalue weighted by Gasteiger charge is -2.08. The van der Waals surface area contributed by atoms with Gasteiger partial charge in [-0.05, 0) is 24.4 Å². The van der Waals surface area contributed by atoms with E-state index in [1.54, 1.807) is 12.1 Å². The zero-order valence-corrected chi connectivity index (χ0v) is 10.2. The molecule has 1 rings (SSSR count). The SMILES string of the molecule is NC(=S)Nc1c(Cl)cc(Br)cc1Cl. The molecule has 0 aliphatic rings. The Balaban J connectivity index is 3.13. The predicted molar refractivity (Wildman–Crippen MR) is 64.6 cm³/mol. The van der Waals surface area contributed by atoms with Crippen molar-refractivity contribution < 1.29 is 0 Å². The minimum atomic E-state index is 0.131. The van der Waals surface area contributed by atoms with Crippen molar-refractivity contribution in [2.75, 3.05) is 5.32 Å². The van der Waals surface area contributed by atoms with Gasteiger partial charge in [0.1, 0.15) is 0 Å². The topological polar surface area (TPSA) is 38.0 Å². The van der Waals surface area contributed by atoms with Crippen molar-refractivity contribution in [3.8, 4) is 0 Å². The van der Waals surface area contributed by atoms with Gasteiger partial charge in [0, 0.05) is 4.47 Å². The molecule has 0 unspecified atom stereocenters. The molecule has 0 radical (unpaired) electrons. The first kappa shape index (κ1) is 11.0. The van der Waals surface area contributed by atoms with Crippen molar-refractivity contribution in [2.24, 2.45) is 5.73 Å². The van der Waals surface area contributed by atoms with E-state index in [2.05, 4.69) is 33.5 Å². The van der Waals surface area contributed by atoms with Crippen molar-refractivity contribution in [2.45, 2.75) is 0 Å². The van der Waals surface area contributed by atoms with Crippen LogP contribution in [0.15, 0.2) is 16.6 Å². The van der Waals surface area contributed by atoms with Gasteiger partial charge in [-0.1, -0.05) is 39.1 Å². The molecule has 1 aromatic rings. The molecule has 0 aromatic heterocycles. The molecule has 1 aromatic carbocycles. The van der Waals surface area contributed by atoms with E-state index in [4.69, 9.17) is 28.9 Å². The number of hydrogen-bond acceptors (Lipinski definition) is 1. The molecular formula is C7H5BrCl2N2S. The number of hydrogen-bond donors (Lipinski definition) is 2. The Morgan fingerprint density at radius 3 is 2.23 bits per heavy atom. The maximum Gasteiger partial charge on any atom is 0.168 e. The highest BCUT2D eigenvalue weighted by Crippen LogP contribution is 2.33. The molecule has 0 saturated carbocycles. The standard InChI is InChI=1S/C7H5BrCl2N2S/c8-3-1-4(9)6(5(10)2-3)12-7(11)13/h1-2H,(H3,11,12,13). The molecule has 3 N–H and O–H groups in total. The van der Waals surface area contributed by atoms with Crippen LogP contribution in [0.3, 0.4) is 0 Å². The van der Waals surface area contributed by atoms with E-state index in [0.29, 0.717) is 15.7 Å². The molecule has 0 heterocycles. The fraction of sp³-hybridized carbons (Fsp3) is 0. The van der Waals surface area contributed by atoms with Gasteiger partial charge in [-0.3, -0.25) is 0 Å². The van der Waals surface area contributed by atoms with Gasteiger partial charge in [-0.2, -0.15) is 0 Å². The number of benzene rings is 1. The zero-order valence-electron chi connectivity index (χ0n) is 6.27. The van der Waals surface area contributed by atoms with Crippen molar-refractivity contribution in [1.82, 2.24) is 0 Å². The number of rotatable bonds is 1. The smallest absolute Gasteiger partial charge is 0.168 e. The lowest BCUT2D eigenvalue weighted by atomic mass is 10.3. The Labute approximate surface area is 99.5 Å². The first-order chi connectivity index (χ1) is 6.00. The van der Waals surface area contributed by atoms with E-state index < -0.39 is 0 Å². The first-order valence-electron chi connectivity index (χ1n) is 3.21. The summed E-state index contributed by atoms with van der Waals surface area (Å²) in [7, 11) is 0. The van der Waals surface area contributed by atoms with Gasteiger partial charge in [-0.25, -0.2) is 0 Å². The summed E-state index contributed by atoms with van der Waals surface area (Å²) in [6.07, 6.45) is 0. The molecule has 0 saturated heterocycles. The van der Waals surface area contributed by atoms with Crippen LogP contribution >= 0.6 is 51.3 Å². The number of nitrogens with one attached hydrogen (secondary N) is 1. The minimum absolute atomic E-state index is 0.131. The Kier molecular flexibility index (Phi) is 3.79. The van der Waals surface area contributed by atoms with Gasteiger partial charge < -0.3 is 11.1 Å². The van der Waals surface area contributed by atoms with E-state index in [0.717, 1.165) is 4.47 Å². The number of thiocarbonyl (C=S) groups is 1. The Hall–Kier alpha value is -0.0300. The Morgan fingerprint density at radius 1 is 1.38 bits per heavy atom. The van der Waals surface area contributed by atoms with Crippen LogP contribution in [0.1, 0.15) is 0 Å². The summed E-state index contributed by atoms with van der Waals surface area (Å²) >= 11 is 19.7. The van der Waals surface area contributed by atoms with Crippen LogP contribution in [0.25, 0.3) is 0 Å². The maximum absolute atomic E-state index is 5.89. The molecule has 0 bridgehead atoms. The average Bonchev–Trinajstić information content (AvgIpc) is 1.96. The van der Waals surface area contributed by atoms with Crippen molar-refractivity contribution in [3.63, 3.8) is 0 Å². The van der Waals surface area contributed by atoms with Crippen molar-refractivity contribution >= 4 is 62.1 Å². The highest BCUT2D eigenvalue weighted by atomic mass is 79.9. The van der Waals surface area contributed by atoms with E-state index in [1.165, 1.54) is 0 Å². The summed E-state index contributed by atoms with van der Waals surface area (Å²) in [6.45, 7) is 0. The average molecular weight is 300 g/mol. The summed E-state index contributed by atoms with van der Waals surface area (Å²) < 4.78 is 0.802. The molecule has 0 amide bonds. The third-order valence-corrected chi connectivity index (χ3v) is 2.41. The third-order valence-electron chi connectivity index (χ3n) is 1.26. The molecule has 2 nitrogen and oxygen atoms in total. The third kappa shape index (κ3) is 2.98. The summed E-state index contributed by atoms with van der Waals surface area (Å²) in [6, 6.07) is 3.40. The van der Waals surface area contributed by atoms with E-state index in [9.17, 15) is 0 Å². The number of anilines is 1. The van der Waals surface area contributed by atoms with Gasteiger partial charge >= 0.3 is 0 Å². The quantitative estimate of drug-likeness (QED) is 0.781. The second-order valence-corrected chi connectivity index (χ2v) is 4.40. The molecular weight excluding hydrogens is 295 g/mol. The van der Waals surface area contributed by atoms with Gasteiger partial charge in [0.25, 0.3) is 0 Å². The van der Waals surface area contributed by atoms with Crippen molar-refractivity contribution in [3.05, 3.63) is 26.7 Å². The fourth-order valence-corrected chi connectivity index (χ4v) is 2.19. The van der Waals surface area contributed by atoms with Crippen LogP contribution in [0, 0.1) is 0 Å².